The summed E-state index contributed by atoms with van der Waals surface area (Å²) < 4.78 is 36.0. The van der Waals surface area contributed by atoms with E-state index in [2.05, 4.69) is 24.1 Å². The number of nitrogens with zero attached hydrogens (tertiary/aromatic N) is 1. The molecule has 0 aromatic heterocycles. The van der Waals surface area contributed by atoms with Crippen molar-refractivity contribution in [2.24, 2.45) is 0 Å². The van der Waals surface area contributed by atoms with Gasteiger partial charge in [-0.25, -0.2) is 0 Å². The topological polar surface area (TPSA) is 15.3 Å². The molecule has 0 amide bonds. The predicted molar refractivity (Wildman–Crippen MR) is 63.0 cm³/mol. The maximum Gasteiger partial charge on any atom is 0.389 e. The zero-order valence-corrected chi connectivity index (χ0v) is 10.7. The van der Waals surface area contributed by atoms with Crippen LogP contribution in [0.4, 0.5) is 13.2 Å². The van der Waals surface area contributed by atoms with Crippen molar-refractivity contribution in [1.82, 2.24) is 10.2 Å². The van der Waals surface area contributed by atoms with Gasteiger partial charge < -0.3 is 5.32 Å². The normalized spacial score (nSPS) is 27.4. The van der Waals surface area contributed by atoms with E-state index in [4.69, 9.17) is 0 Å². The fraction of sp³-hybridized carbons (Fsp3) is 1.00. The summed E-state index contributed by atoms with van der Waals surface area (Å²) >= 11 is 0. The molecule has 17 heavy (non-hydrogen) atoms. The van der Waals surface area contributed by atoms with Gasteiger partial charge in [-0.05, 0) is 32.7 Å². The highest BCUT2D eigenvalue weighted by Crippen LogP contribution is 2.22. The molecule has 0 aliphatic carbocycles. The Morgan fingerprint density at radius 2 is 2.00 bits per heavy atom. The van der Waals surface area contributed by atoms with Gasteiger partial charge in [0.15, 0.2) is 0 Å². The summed E-state index contributed by atoms with van der Waals surface area (Å²) in [6.07, 6.45) is -2.70. The highest BCUT2D eigenvalue weighted by atomic mass is 19.4. The Morgan fingerprint density at radius 1 is 1.29 bits per heavy atom. The zero-order valence-electron chi connectivity index (χ0n) is 10.7. The second-order valence-corrected chi connectivity index (χ2v) is 4.94. The van der Waals surface area contributed by atoms with Crippen LogP contribution in [0.2, 0.25) is 0 Å². The van der Waals surface area contributed by atoms with Crippen LogP contribution < -0.4 is 5.32 Å². The molecule has 2 nitrogen and oxygen atoms in total. The van der Waals surface area contributed by atoms with Gasteiger partial charge in [-0.1, -0.05) is 6.92 Å². The van der Waals surface area contributed by atoms with Crippen molar-refractivity contribution in [2.75, 3.05) is 19.6 Å². The van der Waals surface area contributed by atoms with E-state index in [1.54, 1.807) is 0 Å². The van der Waals surface area contributed by atoms with Crippen LogP contribution in [-0.2, 0) is 0 Å². The third kappa shape index (κ3) is 5.73. The standard InChI is InChI=1S/C12H23F3N2/c1-3-11-8-16-10(2)9-17(11)7-5-4-6-12(13,14)15/h10-11,16H,3-9H2,1-2H3. The number of nitrogens with one attached hydrogen (secondary N) is 1. The highest BCUT2D eigenvalue weighted by molar-refractivity contribution is 4.83. The predicted octanol–water partition coefficient (Wildman–Crippen LogP) is 2.79. The molecule has 1 fully saturated rings. The molecule has 5 heteroatoms. The SMILES string of the molecule is CCC1CNC(C)CN1CCCCC(F)(F)F. The Hall–Kier alpha value is -0.290. The number of unbranched alkanes of at least 4 members (excludes halogenated alkanes) is 1. The molecule has 0 aromatic rings. The van der Waals surface area contributed by atoms with Gasteiger partial charge in [0.25, 0.3) is 0 Å². The first-order chi connectivity index (χ1) is 7.92. The van der Waals surface area contributed by atoms with Crippen LogP contribution in [0.1, 0.15) is 39.5 Å². The van der Waals surface area contributed by atoms with Crippen LogP contribution in [0.15, 0.2) is 0 Å². The molecule has 102 valence electrons. The van der Waals surface area contributed by atoms with E-state index >= 15 is 0 Å². The molecule has 0 spiro atoms. The summed E-state index contributed by atoms with van der Waals surface area (Å²) in [5.41, 5.74) is 0. The van der Waals surface area contributed by atoms with E-state index in [1.807, 2.05) is 0 Å². The van der Waals surface area contributed by atoms with Crippen molar-refractivity contribution in [1.29, 1.82) is 0 Å². The van der Waals surface area contributed by atoms with Gasteiger partial charge in [-0.2, -0.15) is 13.2 Å². The van der Waals surface area contributed by atoms with E-state index in [-0.39, 0.29) is 6.42 Å². The fourth-order valence-corrected chi connectivity index (χ4v) is 2.35. The summed E-state index contributed by atoms with van der Waals surface area (Å²) in [5, 5.41) is 3.41. The molecule has 1 N–H and O–H groups in total. The summed E-state index contributed by atoms with van der Waals surface area (Å²) in [5.74, 6) is 0. The molecular weight excluding hydrogens is 229 g/mol. The first-order valence-corrected chi connectivity index (χ1v) is 6.46. The maximum absolute atomic E-state index is 12.0. The Balaban J connectivity index is 2.23. The first-order valence-electron chi connectivity index (χ1n) is 6.46. The number of hydrogen-bond donors (Lipinski definition) is 1. The van der Waals surface area contributed by atoms with Crippen molar-refractivity contribution >= 4 is 0 Å². The monoisotopic (exact) mass is 252 g/mol. The molecule has 0 radical (unpaired) electrons. The number of hydrogen-bond acceptors (Lipinski definition) is 2. The van der Waals surface area contributed by atoms with Gasteiger partial charge in [0.05, 0.1) is 0 Å². The van der Waals surface area contributed by atoms with Gasteiger partial charge in [-0.15, -0.1) is 0 Å². The number of piperazine rings is 1. The van der Waals surface area contributed by atoms with Gasteiger partial charge in [-0.3, -0.25) is 4.90 Å². The van der Waals surface area contributed by atoms with Crippen LogP contribution in [0.25, 0.3) is 0 Å². The maximum atomic E-state index is 12.0. The molecule has 1 heterocycles. The lowest BCUT2D eigenvalue weighted by Gasteiger charge is -2.39. The largest absolute Gasteiger partial charge is 0.389 e. The first kappa shape index (κ1) is 14.8. The minimum absolute atomic E-state index is 0.248. The molecule has 2 atom stereocenters. The van der Waals surface area contributed by atoms with Crippen LogP contribution in [0, 0.1) is 0 Å². The molecule has 1 saturated heterocycles. The van der Waals surface area contributed by atoms with E-state index in [1.165, 1.54) is 0 Å². The lowest BCUT2D eigenvalue weighted by atomic mass is 10.1. The van der Waals surface area contributed by atoms with Crippen molar-refractivity contribution in [3.63, 3.8) is 0 Å². The average molecular weight is 252 g/mol. The molecule has 1 aliphatic heterocycles. The van der Waals surface area contributed by atoms with Gasteiger partial charge >= 0.3 is 6.18 Å². The van der Waals surface area contributed by atoms with Gasteiger partial charge in [0.2, 0.25) is 0 Å². The molecule has 1 rings (SSSR count). The minimum atomic E-state index is -4.00. The summed E-state index contributed by atoms with van der Waals surface area (Å²) in [7, 11) is 0. The highest BCUT2D eigenvalue weighted by Gasteiger charge is 2.27. The second-order valence-electron chi connectivity index (χ2n) is 4.94. The van der Waals surface area contributed by atoms with E-state index in [9.17, 15) is 13.2 Å². The van der Waals surface area contributed by atoms with E-state index in [0.717, 1.165) is 26.1 Å². The van der Waals surface area contributed by atoms with Crippen molar-refractivity contribution in [3.8, 4) is 0 Å². The number of halogens is 3. The van der Waals surface area contributed by atoms with Crippen LogP contribution >= 0.6 is 0 Å². The Kier molecular flexibility index (Phi) is 5.73. The lowest BCUT2D eigenvalue weighted by molar-refractivity contribution is -0.135. The summed E-state index contributed by atoms with van der Waals surface area (Å²) in [6.45, 7) is 6.95. The molecular formula is C12H23F3N2. The van der Waals surface area contributed by atoms with Crippen LogP contribution in [0.3, 0.4) is 0 Å². The molecule has 0 bridgehead atoms. The fourth-order valence-electron chi connectivity index (χ4n) is 2.35. The number of alkyl halides is 3. The Morgan fingerprint density at radius 3 is 2.59 bits per heavy atom. The molecule has 0 saturated carbocycles. The lowest BCUT2D eigenvalue weighted by Crippen LogP contribution is -2.55. The minimum Gasteiger partial charge on any atom is -0.311 e. The van der Waals surface area contributed by atoms with Crippen molar-refractivity contribution in [2.45, 2.75) is 57.8 Å². The molecule has 0 aromatic carbocycles. The molecule has 2 unspecified atom stereocenters. The quantitative estimate of drug-likeness (QED) is 0.757. The van der Waals surface area contributed by atoms with Crippen molar-refractivity contribution in [3.05, 3.63) is 0 Å². The third-order valence-corrected chi connectivity index (χ3v) is 3.35. The average Bonchev–Trinajstić information content (AvgIpc) is 2.23. The number of rotatable bonds is 5. The van der Waals surface area contributed by atoms with E-state index < -0.39 is 12.6 Å². The van der Waals surface area contributed by atoms with Crippen LogP contribution in [0.5, 0.6) is 0 Å². The third-order valence-electron chi connectivity index (χ3n) is 3.35. The van der Waals surface area contributed by atoms with Crippen LogP contribution in [-0.4, -0.2) is 42.8 Å². The smallest absolute Gasteiger partial charge is 0.311 e. The van der Waals surface area contributed by atoms with E-state index in [0.29, 0.717) is 18.5 Å². The van der Waals surface area contributed by atoms with Gasteiger partial charge in [0.1, 0.15) is 0 Å². The second kappa shape index (κ2) is 6.59. The van der Waals surface area contributed by atoms with Crippen molar-refractivity contribution < 1.29 is 13.2 Å². The molecule has 1 aliphatic rings. The Labute approximate surface area is 102 Å². The van der Waals surface area contributed by atoms with Gasteiger partial charge in [0, 0.05) is 31.6 Å². The summed E-state index contributed by atoms with van der Waals surface area (Å²) in [4.78, 5) is 2.33. The summed E-state index contributed by atoms with van der Waals surface area (Å²) in [6, 6.07) is 0.928. The zero-order chi connectivity index (χ0) is 12.9. The Bertz CT molecular complexity index is 218.